The molecule has 0 aromatic carbocycles. The number of nitrogens with one attached hydrogen (secondary N) is 3. The van der Waals surface area contributed by atoms with Crippen molar-refractivity contribution in [1.29, 1.82) is 0 Å². The molecule has 1 heterocycles. The summed E-state index contributed by atoms with van der Waals surface area (Å²) < 4.78 is 5.39. The molecule has 0 aromatic rings. The zero-order valence-electron chi connectivity index (χ0n) is 19.2. The smallest absolute Gasteiger partial charge is 0.410 e. The van der Waals surface area contributed by atoms with Gasteiger partial charge in [0.1, 0.15) is 5.60 Å². The molecule has 1 rings (SSSR count). The Balaban J connectivity index is 2.34. The van der Waals surface area contributed by atoms with Gasteiger partial charge in [-0.3, -0.25) is 14.7 Å². The molecular formula is C20H40N6O3. The van der Waals surface area contributed by atoms with Crippen LogP contribution >= 0.6 is 0 Å². The number of carbonyl (C=O) groups is 2. The molecule has 29 heavy (non-hydrogen) atoms. The van der Waals surface area contributed by atoms with Crippen LogP contribution in [0, 0.1) is 5.92 Å². The van der Waals surface area contributed by atoms with Crippen LogP contribution in [0.5, 0.6) is 0 Å². The molecule has 1 aliphatic rings. The molecule has 1 fully saturated rings. The third-order valence-electron chi connectivity index (χ3n) is 4.71. The second-order valence-electron chi connectivity index (χ2n) is 8.79. The summed E-state index contributed by atoms with van der Waals surface area (Å²) in [6.45, 7) is 11.2. The Morgan fingerprint density at radius 2 is 1.90 bits per heavy atom. The second kappa shape index (κ2) is 11.8. The van der Waals surface area contributed by atoms with Gasteiger partial charge in [0.15, 0.2) is 5.96 Å². The molecule has 0 spiro atoms. The largest absolute Gasteiger partial charge is 0.444 e. The summed E-state index contributed by atoms with van der Waals surface area (Å²) in [6.07, 6.45) is 1.62. The topological polar surface area (TPSA) is 98.3 Å². The van der Waals surface area contributed by atoms with Crippen LogP contribution in [0.4, 0.5) is 4.79 Å². The predicted octanol–water partition coefficient (Wildman–Crippen LogP) is 0.865. The molecule has 0 radical (unpaired) electrons. The molecule has 1 unspecified atom stereocenters. The van der Waals surface area contributed by atoms with Crippen LogP contribution in [-0.2, 0) is 9.53 Å². The number of piperidine rings is 1. The van der Waals surface area contributed by atoms with Crippen molar-refractivity contribution in [3.05, 3.63) is 0 Å². The summed E-state index contributed by atoms with van der Waals surface area (Å²) >= 11 is 0. The number of likely N-dealkylation sites (tertiary alicyclic amines) is 1. The van der Waals surface area contributed by atoms with Crippen LogP contribution in [-0.4, -0.2) is 93.3 Å². The number of guanidine groups is 1. The quantitative estimate of drug-likeness (QED) is 0.424. The Kier molecular flexibility index (Phi) is 10.2. The van der Waals surface area contributed by atoms with Crippen LogP contribution in [0.3, 0.4) is 0 Å². The molecule has 0 aliphatic carbocycles. The Hall–Kier alpha value is -2.03. The fourth-order valence-electron chi connectivity index (χ4n) is 3.12. The van der Waals surface area contributed by atoms with Gasteiger partial charge in [0.05, 0.1) is 6.54 Å². The number of ether oxygens (including phenoxy) is 1. The van der Waals surface area contributed by atoms with Crippen molar-refractivity contribution >= 4 is 18.0 Å². The van der Waals surface area contributed by atoms with Crippen molar-refractivity contribution in [2.45, 2.75) is 52.2 Å². The van der Waals surface area contributed by atoms with Crippen LogP contribution in [0.1, 0.15) is 40.5 Å². The molecule has 9 nitrogen and oxygen atoms in total. The number of aliphatic imine (C=N–C) groups is 1. The molecule has 0 bridgehead atoms. The van der Waals surface area contributed by atoms with E-state index in [2.05, 4.69) is 32.8 Å². The van der Waals surface area contributed by atoms with E-state index in [1.165, 1.54) is 0 Å². The Morgan fingerprint density at radius 3 is 2.41 bits per heavy atom. The summed E-state index contributed by atoms with van der Waals surface area (Å²) in [4.78, 5) is 31.7. The van der Waals surface area contributed by atoms with E-state index < -0.39 is 5.60 Å². The first-order valence-corrected chi connectivity index (χ1v) is 10.4. The fourth-order valence-corrected chi connectivity index (χ4v) is 3.12. The molecule has 1 saturated heterocycles. The number of rotatable bonds is 7. The lowest BCUT2D eigenvalue weighted by Crippen LogP contribution is -2.50. The highest BCUT2D eigenvalue weighted by molar-refractivity contribution is 5.80. The molecule has 0 saturated carbocycles. The summed E-state index contributed by atoms with van der Waals surface area (Å²) in [5.74, 6) is 1.06. The maximum absolute atomic E-state index is 12.1. The van der Waals surface area contributed by atoms with Crippen molar-refractivity contribution < 1.29 is 14.3 Å². The number of carbonyl (C=O) groups excluding carboxylic acids is 2. The van der Waals surface area contributed by atoms with Gasteiger partial charge in [0.25, 0.3) is 0 Å². The van der Waals surface area contributed by atoms with E-state index in [0.717, 1.165) is 31.9 Å². The highest BCUT2D eigenvalue weighted by Gasteiger charge is 2.22. The Bertz CT molecular complexity index is 553. The first-order chi connectivity index (χ1) is 13.5. The number of nitrogens with zero attached hydrogens (tertiary/aromatic N) is 3. The van der Waals surface area contributed by atoms with E-state index in [1.54, 1.807) is 26.0 Å². The summed E-state index contributed by atoms with van der Waals surface area (Å²) in [5.41, 5.74) is -0.491. The van der Waals surface area contributed by atoms with Crippen molar-refractivity contribution in [1.82, 2.24) is 25.8 Å². The molecule has 1 aliphatic heterocycles. The van der Waals surface area contributed by atoms with Crippen molar-refractivity contribution in [3.8, 4) is 0 Å². The van der Waals surface area contributed by atoms with E-state index in [-0.39, 0.29) is 17.9 Å². The predicted molar refractivity (Wildman–Crippen MR) is 116 cm³/mol. The van der Waals surface area contributed by atoms with Crippen molar-refractivity contribution in [3.63, 3.8) is 0 Å². The monoisotopic (exact) mass is 412 g/mol. The lowest BCUT2D eigenvalue weighted by atomic mass is 10.1. The van der Waals surface area contributed by atoms with Crippen LogP contribution < -0.4 is 16.0 Å². The Morgan fingerprint density at radius 1 is 1.28 bits per heavy atom. The molecule has 3 N–H and O–H groups in total. The number of likely N-dealkylation sites (N-methyl/N-ethyl adjacent to an activating group) is 1. The van der Waals surface area contributed by atoms with Gasteiger partial charge in [-0.05, 0) is 39.5 Å². The Labute approximate surface area is 175 Å². The first-order valence-electron chi connectivity index (χ1n) is 10.4. The van der Waals surface area contributed by atoms with Crippen molar-refractivity contribution in [2.75, 3.05) is 53.9 Å². The number of amides is 2. The first kappa shape index (κ1) is 25.0. The number of hydrogen-bond acceptors (Lipinski definition) is 5. The van der Waals surface area contributed by atoms with Crippen molar-refractivity contribution in [2.24, 2.45) is 10.9 Å². The van der Waals surface area contributed by atoms with Crippen LogP contribution in [0.15, 0.2) is 4.99 Å². The standard InChI is InChI=1S/C20H40N6O3/c1-15(13-25(7)19(28)29-20(2,3)4)12-23-18(22-6)24-16-8-10-26(11-9-16)14-17(27)21-5/h15-16H,8-14H2,1-7H3,(H,21,27)(H2,22,23,24). The van der Waals surface area contributed by atoms with E-state index in [9.17, 15) is 9.59 Å². The lowest BCUT2D eigenvalue weighted by molar-refractivity contribution is -0.122. The average molecular weight is 413 g/mol. The minimum absolute atomic E-state index is 0.0548. The van der Waals surface area contributed by atoms with Gasteiger partial charge in [-0.25, -0.2) is 4.79 Å². The molecular weight excluding hydrogens is 372 g/mol. The normalized spacial score (nSPS) is 17.4. The van der Waals surface area contributed by atoms with Crippen LogP contribution in [0.25, 0.3) is 0 Å². The molecule has 1 atom stereocenters. The van der Waals surface area contributed by atoms with Gasteiger partial charge in [0.2, 0.25) is 5.91 Å². The minimum atomic E-state index is -0.491. The highest BCUT2D eigenvalue weighted by Crippen LogP contribution is 2.11. The lowest BCUT2D eigenvalue weighted by Gasteiger charge is -2.32. The minimum Gasteiger partial charge on any atom is -0.444 e. The van der Waals surface area contributed by atoms with Crippen LogP contribution in [0.2, 0.25) is 0 Å². The third-order valence-corrected chi connectivity index (χ3v) is 4.71. The van der Waals surface area contributed by atoms with Gasteiger partial charge in [-0.1, -0.05) is 6.92 Å². The molecule has 2 amide bonds. The zero-order chi connectivity index (χ0) is 22.0. The molecule has 168 valence electrons. The van der Waals surface area contributed by atoms with E-state index >= 15 is 0 Å². The van der Waals surface area contributed by atoms with Gasteiger partial charge in [0, 0.05) is 53.4 Å². The SMILES string of the molecule is CN=C(NCC(C)CN(C)C(=O)OC(C)(C)C)NC1CCN(CC(=O)NC)CC1. The zero-order valence-corrected chi connectivity index (χ0v) is 19.2. The highest BCUT2D eigenvalue weighted by atomic mass is 16.6. The maximum Gasteiger partial charge on any atom is 0.410 e. The average Bonchev–Trinajstić information content (AvgIpc) is 2.64. The van der Waals surface area contributed by atoms with Gasteiger partial charge < -0.3 is 25.6 Å². The van der Waals surface area contributed by atoms with E-state index in [0.29, 0.717) is 25.7 Å². The molecule has 0 aromatic heterocycles. The van der Waals surface area contributed by atoms with E-state index in [4.69, 9.17) is 4.74 Å². The van der Waals surface area contributed by atoms with E-state index in [1.807, 2.05) is 20.8 Å². The van der Waals surface area contributed by atoms with Gasteiger partial charge >= 0.3 is 6.09 Å². The summed E-state index contributed by atoms with van der Waals surface area (Å²) in [6, 6.07) is 0.335. The number of hydrogen-bond donors (Lipinski definition) is 3. The second-order valence-corrected chi connectivity index (χ2v) is 8.79. The summed E-state index contributed by atoms with van der Waals surface area (Å²) in [5, 5.41) is 9.47. The van der Waals surface area contributed by atoms with Gasteiger partial charge in [-0.2, -0.15) is 0 Å². The maximum atomic E-state index is 12.1. The third kappa shape index (κ3) is 10.3. The summed E-state index contributed by atoms with van der Waals surface area (Å²) in [7, 11) is 5.18. The fraction of sp³-hybridized carbons (Fsp3) is 0.850. The van der Waals surface area contributed by atoms with Gasteiger partial charge in [-0.15, -0.1) is 0 Å². The molecule has 9 heteroatoms.